The first-order valence-electron chi connectivity index (χ1n) is 8.69. The Labute approximate surface area is 165 Å². The van der Waals surface area contributed by atoms with Crippen molar-refractivity contribution in [3.8, 4) is 11.5 Å². The number of hydrogen-bond donors (Lipinski definition) is 2. The number of fused-ring (bicyclic) bond motifs is 1. The van der Waals surface area contributed by atoms with Crippen molar-refractivity contribution < 1.29 is 14.3 Å². The van der Waals surface area contributed by atoms with Gasteiger partial charge in [0.2, 0.25) is 12.7 Å². The van der Waals surface area contributed by atoms with Crippen LogP contribution in [0, 0.1) is 6.92 Å². The summed E-state index contributed by atoms with van der Waals surface area (Å²) in [6.45, 7) is 2.88. The van der Waals surface area contributed by atoms with E-state index in [-0.39, 0.29) is 25.1 Å². The molecule has 3 rings (SSSR count). The molecular formula is C20H24ClN3O3. The Morgan fingerprint density at radius 2 is 2.04 bits per heavy atom. The monoisotopic (exact) mass is 389 g/mol. The second-order valence-corrected chi connectivity index (χ2v) is 6.25. The van der Waals surface area contributed by atoms with Gasteiger partial charge in [0.25, 0.3) is 0 Å². The Hall–Kier alpha value is -2.73. The number of nitrogens with two attached hydrogens (primary N) is 1. The fourth-order valence-corrected chi connectivity index (χ4v) is 2.79. The molecule has 1 aliphatic heterocycles. The zero-order valence-corrected chi connectivity index (χ0v) is 16.1. The van der Waals surface area contributed by atoms with E-state index in [0.29, 0.717) is 18.1 Å². The summed E-state index contributed by atoms with van der Waals surface area (Å²) >= 11 is 0. The topological polar surface area (TPSA) is 86.5 Å². The number of aromatic nitrogens is 1. The Morgan fingerprint density at radius 1 is 1.22 bits per heavy atom. The lowest BCUT2D eigenvalue weighted by atomic mass is 10.1. The number of nitrogens with zero attached hydrogens (tertiary/aromatic N) is 1. The number of hydrogen-bond acceptors (Lipinski definition) is 5. The molecule has 1 aliphatic rings. The number of rotatable bonds is 7. The van der Waals surface area contributed by atoms with Gasteiger partial charge in [0.15, 0.2) is 11.5 Å². The number of carbonyl (C=O) groups is 1. The summed E-state index contributed by atoms with van der Waals surface area (Å²) in [6.07, 6.45) is 5.98. The third-order valence-corrected chi connectivity index (χ3v) is 4.03. The molecule has 1 aromatic carbocycles. The number of ether oxygens (including phenoxy) is 2. The van der Waals surface area contributed by atoms with E-state index >= 15 is 0 Å². The van der Waals surface area contributed by atoms with Crippen molar-refractivity contribution in [2.45, 2.75) is 26.2 Å². The number of nitrogens with one attached hydrogen (secondary N) is 1. The number of anilines is 1. The lowest BCUT2D eigenvalue weighted by Gasteiger charge is -2.05. The van der Waals surface area contributed by atoms with Crippen LogP contribution in [0.25, 0.3) is 6.08 Å². The van der Waals surface area contributed by atoms with E-state index in [1.54, 1.807) is 6.08 Å². The smallest absolute Gasteiger partial charge is 0.243 e. The van der Waals surface area contributed by atoms with Gasteiger partial charge in [0.05, 0.1) is 0 Å². The van der Waals surface area contributed by atoms with Gasteiger partial charge in [0.1, 0.15) is 5.82 Å². The molecule has 0 fully saturated rings. The summed E-state index contributed by atoms with van der Waals surface area (Å²) in [4.78, 5) is 16.2. The molecule has 0 saturated heterocycles. The summed E-state index contributed by atoms with van der Waals surface area (Å²) in [7, 11) is 0. The summed E-state index contributed by atoms with van der Waals surface area (Å²) in [6, 6.07) is 9.48. The minimum absolute atomic E-state index is 0. The predicted molar refractivity (Wildman–Crippen MR) is 108 cm³/mol. The molecular weight excluding hydrogens is 366 g/mol. The number of halogens is 1. The van der Waals surface area contributed by atoms with Crippen LogP contribution in [0.1, 0.15) is 29.7 Å². The molecule has 0 radical (unpaired) electrons. The van der Waals surface area contributed by atoms with Crippen molar-refractivity contribution >= 4 is 30.2 Å². The van der Waals surface area contributed by atoms with E-state index < -0.39 is 0 Å². The van der Waals surface area contributed by atoms with E-state index in [2.05, 4.69) is 10.3 Å². The van der Waals surface area contributed by atoms with E-state index in [4.69, 9.17) is 15.2 Å². The van der Waals surface area contributed by atoms with Crippen LogP contribution in [-0.2, 0) is 11.2 Å². The van der Waals surface area contributed by atoms with Gasteiger partial charge in [-0.05, 0) is 67.7 Å². The van der Waals surface area contributed by atoms with Gasteiger partial charge in [-0.2, -0.15) is 0 Å². The summed E-state index contributed by atoms with van der Waals surface area (Å²) in [5.41, 5.74) is 8.76. The molecule has 3 N–H and O–H groups in total. The summed E-state index contributed by atoms with van der Waals surface area (Å²) < 4.78 is 10.6. The van der Waals surface area contributed by atoms with Crippen LogP contribution in [0.5, 0.6) is 11.5 Å². The van der Waals surface area contributed by atoms with E-state index in [1.165, 1.54) is 6.08 Å². The maximum atomic E-state index is 11.9. The first kappa shape index (κ1) is 20.6. The quantitative estimate of drug-likeness (QED) is 0.560. The summed E-state index contributed by atoms with van der Waals surface area (Å²) in [5.74, 6) is 1.89. The summed E-state index contributed by atoms with van der Waals surface area (Å²) in [5, 5.41) is 2.89. The highest BCUT2D eigenvalue weighted by molar-refractivity contribution is 5.91. The zero-order valence-electron chi connectivity index (χ0n) is 15.2. The average molecular weight is 390 g/mol. The Kier molecular flexibility index (Phi) is 7.49. The third kappa shape index (κ3) is 6.18. The van der Waals surface area contributed by atoms with Gasteiger partial charge in [-0.3, -0.25) is 4.79 Å². The minimum Gasteiger partial charge on any atom is -0.454 e. The molecule has 2 aromatic rings. The van der Waals surface area contributed by atoms with Crippen LogP contribution in [0.4, 0.5) is 5.82 Å². The number of carbonyl (C=O) groups excluding carboxylic acids is 1. The van der Waals surface area contributed by atoms with E-state index in [0.717, 1.165) is 41.8 Å². The maximum absolute atomic E-state index is 11.9. The molecule has 2 heterocycles. The highest BCUT2D eigenvalue weighted by atomic mass is 35.5. The van der Waals surface area contributed by atoms with Crippen molar-refractivity contribution in [1.29, 1.82) is 0 Å². The Bertz CT molecular complexity index is 804. The van der Waals surface area contributed by atoms with Crippen molar-refractivity contribution in [1.82, 2.24) is 10.3 Å². The standard InChI is InChI=1S/C20H23N3O3.ClH/c1-14-10-16(23-19(21)11-14)4-2-3-9-22-20(24)8-6-15-5-7-17-18(12-15)26-13-25-17;/h5-8,10-12H,2-4,9,13H2,1H3,(H2,21,23)(H,22,24);1H/b8-6+;. The van der Waals surface area contributed by atoms with Crippen LogP contribution in [0.15, 0.2) is 36.4 Å². The third-order valence-electron chi connectivity index (χ3n) is 4.03. The molecule has 7 heteroatoms. The molecule has 27 heavy (non-hydrogen) atoms. The van der Waals surface area contributed by atoms with Crippen LogP contribution in [-0.4, -0.2) is 24.2 Å². The zero-order chi connectivity index (χ0) is 18.4. The highest BCUT2D eigenvalue weighted by Crippen LogP contribution is 2.32. The normalized spacial score (nSPS) is 12.0. The molecule has 1 amide bonds. The van der Waals surface area contributed by atoms with Crippen LogP contribution in [0.2, 0.25) is 0 Å². The largest absolute Gasteiger partial charge is 0.454 e. The lowest BCUT2D eigenvalue weighted by molar-refractivity contribution is -0.116. The highest BCUT2D eigenvalue weighted by Gasteiger charge is 2.12. The number of pyridine rings is 1. The molecule has 0 bridgehead atoms. The van der Waals surface area contributed by atoms with E-state index in [1.807, 2.05) is 37.3 Å². The minimum atomic E-state index is -0.111. The first-order chi connectivity index (χ1) is 12.6. The maximum Gasteiger partial charge on any atom is 0.243 e. The van der Waals surface area contributed by atoms with Gasteiger partial charge in [-0.25, -0.2) is 4.98 Å². The molecule has 6 nitrogen and oxygen atoms in total. The number of nitrogen functional groups attached to an aromatic ring is 1. The van der Waals surface area contributed by atoms with Crippen LogP contribution >= 0.6 is 12.4 Å². The molecule has 0 saturated carbocycles. The second kappa shape index (κ2) is 9.83. The first-order valence-corrected chi connectivity index (χ1v) is 8.69. The Balaban J connectivity index is 0.00000261. The van der Waals surface area contributed by atoms with E-state index in [9.17, 15) is 4.79 Å². The molecule has 0 unspecified atom stereocenters. The van der Waals surface area contributed by atoms with Crippen molar-refractivity contribution in [3.63, 3.8) is 0 Å². The molecule has 1 aromatic heterocycles. The van der Waals surface area contributed by atoms with Crippen molar-refractivity contribution in [3.05, 3.63) is 53.2 Å². The van der Waals surface area contributed by atoms with Crippen LogP contribution in [0.3, 0.4) is 0 Å². The SMILES string of the molecule is Cc1cc(N)nc(CCCCNC(=O)/C=C/c2ccc3c(c2)OCO3)c1.Cl. The predicted octanol–water partition coefficient (Wildman–Crippen LogP) is 3.28. The lowest BCUT2D eigenvalue weighted by Crippen LogP contribution is -2.22. The van der Waals surface area contributed by atoms with Gasteiger partial charge in [-0.1, -0.05) is 6.07 Å². The van der Waals surface area contributed by atoms with Gasteiger partial charge in [0, 0.05) is 18.3 Å². The number of amides is 1. The number of benzene rings is 1. The average Bonchev–Trinajstić information content (AvgIpc) is 3.06. The fraction of sp³-hybridized carbons (Fsp3) is 0.300. The molecule has 0 spiro atoms. The van der Waals surface area contributed by atoms with Gasteiger partial charge < -0.3 is 20.5 Å². The second-order valence-electron chi connectivity index (χ2n) is 6.25. The van der Waals surface area contributed by atoms with Crippen molar-refractivity contribution in [2.24, 2.45) is 0 Å². The molecule has 144 valence electrons. The van der Waals surface area contributed by atoms with Crippen LogP contribution < -0.4 is 20.5 Å². The van der Waals surface area contributed by atoms with Gasteiger partial charge in [-0.15, -0.1) is 12.4 Å². The van der Waals surface area contributed by atoms with Crippen molar-refractivity contribution in [2.75, 3.05) is 19.1 Å². The Morgan fingerprint density at radius 3 is 2.85 bits per heavy atom. The molecule has 0 aliphatic carbocycles. The fourth-order valence-electron chi connectivity index (χ4n) is 2.79. The molecule has 0 atom stereocenters. The van der Waals surface area contributed by atoms with Gasteiger partial charge >= 0.3 is 0 Å². The number of aryl methyl sites for hydroxylation is 2. The number of unbranched alkanes of at least 4 members (excludes halogenated alkanes) is 1.